The number of aryl methyl sites for hydroxylation is 1. The second kappa shape index (κ2) is 5.27. The lowest BCUT2D eigenvalue weighted by Gasteiger charge is -2.10. The summed E-state index contributed by atoms with van der Waals surface area (Å²) in [6.07, 6.45) is 1.71. The number of carbonyl (C=O) groups excluding carboxylic acids is 1. The van der Waals surface area contributed by atoms with Gasteiger partial charge in [0.25, 0.3) is 5.91 Å². The monoisotopic (exact) mass is 308 g/mol. The van der Waals surface area contributed by atoms with Crippen LogP contribution in [0.5, 0.6) is 5.75 Å². The van der Waals surface area contributed by atoms with Gasteiger partial charge in [-0.05, 0) is 46.6 Å². The van der Waals surface area contributed by atoms with E-state index in [2.05, 4.69) is 26.2 Å². The van der Waals surface area contributed by atoms with Gasteiger partial charge in [-0.1, -0.05) is 6.07 Å². The van der Waals surface area contributed by atoms with Crippen molar-refractivity contribution >= 4 is 27.5 Å². The third-order valence-electron chi connectivity index (χ3n) is 2.50. The van der Waals surface area contributed by atoms with Gasteiger partial charge in [0.2, 0.25) is 0 Å². The van der Waals surface area contributed by atoms with E-state index in [9.17, 15) is 4.79 Å². The van der Waals surface area contributed by atoms with E-state index in [0.29, 0.717) is 17.1 Å². The molecule has 0 spiro atoms. The minimum absolute atomic E-state index is 0.204. The first-order valence-corrected chi connectivity index (χ1v) is 6.19. The van der Waals surface area contributed by atoms with Crippen LogP contribution in [0.15, 0.2) is 34.9 Å². The summed E-state index contributed by atoms with van der Waals surface area (Å²) in [6.45, 7) is 1.96. The molecular formula is C13H13BrN2O2. The number of benzene rings is 1. The average molecular weight is 309 g/mol. The molecule has 0 unspecified atom stereocenters. The van der Waals surface area contributed by atoms with E-state index in [1.54, 1.807) is 19.4 Å². The number of hydrogen-bond donors (Lipinski definition) is 2. The minimum atomic E-state index is -0.204. The average Bonchev–Trinajstić information content (AvgIpc) is 2.76. The molecule has 2 N–H and O–H groups in total. The van der Waals surface area contributed by atoms with Gasteiger partial charge in [-0.2, -0.15) is 0 Å². The van der Waals surface area contributed by atoms with Crippen molar-refractivity contribution in [2.24, 2.45) is 0 Å². The normalized spacial score (nSPS) is 10.2. The summed E-state index contributed by atoms with van der Waals surface area (Å²) in [4.78, 5) is 14.9. The van der Waals surface area contributed by atoms with Crippen molar-refractivity contribution in [1.82, 2.24) is 4.98 Å². The Morgan fingerprint density at radius 1 is 1.39 bits per heavy atom. The molecule has 4 nitrogen and oxygen atoms in total. The van der Waals surface area contributed by atoms with Gasteiger partial charge in [-0.25, -0.2) is 0 Å². The summed E-state index contributed by atoms with van der Waals surface area (Å²) in [5.74, 6) is 0.434. The van der Waals surface area contributed by atoms with Crippen LogP contribution in [0.4, 0.5) is 5.69 Å². The quantitative estimate of drug-likeness (QED) is 0.913. The number of H-pyrrole nitrogens is 1. The number of halogens is 1. The number of ether oxygens (including phenoxy) is 1. The van der Waals surface area contributed by atoms with E-state index < -0.39 is 0 Å². The number of carbonyl (C=O) groups is 1. The summed E-state index contributed by atoms with van der Waals surface area (Å²) in [5, 5.41) is 2.82. The lowest BCUT2D eigenvalue weighted by molar-refractivity contribution is 0.102. The van der Waals surface area contributed by atoms with E-state index in [0.717, 1.165) is 10.0 Å². The fraction of sp³-hybridized carbons (Fsp3) is 0.154. The van der Waals surface area contributed by atoms with Gasteiger partial charge in [0.15, 0.2) is 0 Å². The molecule has 0 aliphatic rings. The molecule has 1 amide bonds. The predicted octanol–water partition coefficient (Wildman–Crippen LogP) is 3.35. The number of aromatic amines is 1. The van der Waals surface area contributed by atoms with Crippen LogP contribution in [-0.4, -0.2) is 18.0 Å². The number of nitrogens with one attached hydrogen (secondary N) is 2. The summed E-state index contributed by atoms with van der Waals surface area (Å²) >= 11 is 3.29. The second-order valence-electron chi connectivity index (χ2n) is 3.89. The third kappa shape index (κ3) is 2.73. The van der Waals surface area contributed by atoms with Crippen LogP contribution in [0.3, 0.4) is 0 Å². The van der Waals surface area contributed by atoms with Crippen LogP contribution in [0.1, 0.15) is 16.1 Å². The zero-order chi connectivity index (χ0) is 13.1. The molecule has 0 bridgehead atoms. The van der Waals surface area contributed by atoms with Crippen LogP contribution in [0, 0.1) is 6.92 Å². The first-order chi connectivity index (χ1) is 8.60. The van der Waals surface area contributed by atoms with Crippen molar-refractivity contribution in [3.8, 4) is 5.75 Å². The van der Waals surface area contributed by atoms with E-state index >= 15 is 0 Å². The molecule has 94 valence electrons. The largest absolute Gasteiger partial charge is 0.495 e. The maximum atomic E-state index is 12.0. The lowest BCUT2D eigenvalue weighted by atomic mass is 10.2. The third-order valence-corrected chi connectivity index (χ3v) is 2.95. The van der Waals surface area contributed by atoms with Crippen LogP contribution >= 0.6 is 15.9 Å². The van der Waals surface area contributed by atoms with Crippen molar-refractivity contribution in [3.63, 3.8) is 0 Å². The lowest BCUT2D eigenvalue weighted by Crippen LogP contribution is -2.13. The Labute approximate surface area is 113 Å². The summed E-state index contributed by atoms with van der Waals surface area (Å²) < 4.78 is 6.05. The predicted molar refractivity (Wildman–Crippen MR) is 74.2 cm³/mol. The maximum Gasteiger partial charge on any atom is 0.272 e. The highest BCUT2D eigenvalue weighted by molar-refractivity contribution is 9.10. The highest BCUT2D eigenvalue weighted by atomic mass is 79.9. The minimum Gasteiger partial charge on any atom is -0.495 e. The number of anilines is 1. The Morgan fingerprint density at radius 2 is 2.17 bits per heavy atom. The van der Waals surface area contributed by atoms with Crippen molar-refractivity contribution in [3.05, 3.63) is 46.2 Å². The molecule has 1 aromatic carbocycles. The highest BCUT2D eigenvalue weighted by Gasteiger charge is 2.11. The SMILES string of the molecule is COc1ccc(C)cc1NC(=O)c1cc(Br)c[nH]1. The van der Waals surface area contributed by atoms with Gasteiger partial charge < -0.3 is 15.0 Å². The van der Waals surface area contributed by atoms with Crippen molar-refractivity contribution in [1.29, 1.82) is 0 Å². The van der Waals surface area contributed by atoms with E-state index in [-0.39, 0.29) is 5.91 Å². The van der Waals surface area contributed by atoms with Gasteiger partial charge >= 0.3 is 0 Å². The zero-order valence-electron chi connectivity index (χ0n) is 10.1. The Morgan fingerprint density at radius 3 is 2.78 bits per heavy atom. The molecule has 0 atom stereocenters. The molecule has 0 fully saturated rings. The molecular weight excluding hydrogens is 296 g/mol. The van der Waals surface area contributed by atoms with Crippen LogP contribution in [0.25, 0.3) is 0 Å². The Bertz CT molecular complexity index is 578. The zero-order valence-corrected chi connectivity index (χ0v) is 11.7. The van der Waals surface area contributed by atoms with Gasteiger partial charge in [0, 0.05) is 10.7 Å². The molecule has 0 aliphatic carbocycles. The van der Waals surface area contributed by atoms with Crippen molar-refractivity contribution in [2.75, 3.05) is 12.4 Å². The molecule has 0 radical (unpaired) electrons. The van der Waals surface area contributed by atoms with Crippen molar-refractivity contribution in [2.45, 2.75) is 6.92 Å². The first kappa shape index (κ1) is 12.7. The van der Waals surface area contributed by atoms with E-state index in [1.165, 1.54) is 0 Å². The molecule has 0 saturated carbocycles. The number of rotatable bonds is 3. The number of hydrogen-bond acceptors (Lipinski definition) is 2. The molecule has 1 heterocycles. The molecule has 2 rings (SSSR count). The number of aromatic nitrogens is 1. The van der Waals surface area contributed by atoms with Gasteiger partial charge in [-0.3, -0.25) is 4.79 Å². The number of methoxy groups -OCH3 is 1. The molecule has 0 aliphatic heterocycles. The van der Waals surface area contributed by atoms with Crippen LogP contribution in [0.2, 0.25) is 0 Å². The topological polar surface area (TPSA) is 54.1 Å². The molecule has 0 saturated heterocycles. The fourth-order valence-corrected chi connectivity index (χ4v) is 1.95. The summed E-state index contributed by atoms with van der Waals surface area (Å²) in [6, 6.07) is 7.35. The standard InChI is InChI=1S/C13H13BrN2O2/c1-8-3-4-12(18-2)10(5-8)16-13(17)11-6-9(14)7-15-11/h3-7,15H,1-2H3,(H,16,17). The number of amides is 1. The van der Waals surface area contributed by atoms with Crippen LogP contribution < -0.4 is 10.1 Å². The summed E-state index contributed by atoms with van der Waals surface area (Å²) in [5.41, 5.74) is 2.21. The molecule has 18 heavy (non-hydrogen) atoms. The Kier molecular flexibility index (Phi) is 3.72. The molecule has 5 heteroatoms. The van der Waals surface area contributed by atoms with Crippen molar-refractivity contribution < 1.29 is 9.53 Å². The van der Waals surface area contributed by atoms with E-state index in [4.69, 9.17) is 4.74 Å². The van der Waals surface area contributed by atoms with Crippen LogP contribution in [-0.2, 0) is 0 Å². The smallest absolute Gasteiger partial charge is 0.272 e. The Balaban J connectivity index is 2.23. The fourth-order valence-electron chi connectivity index (χ4n) is 1.61. The molecule has 2 aromatic rings. The van der Waals surface area contributed by atoms with Gasteiger partial charge in [0.1, 0.15) is 11.4 Å². The Hall–Kier alpha value is -1.75. The maximum absolute atomic E-state index is 12.0. The summed E-state index contributed by atoms with van der Waals surface area (Å²) in [7, 11) is 1.57. The van der Waals surface area contributed by atoms with Gasteiger partial charge in [-0.15, -0.1) is 0 Å². The molecule has 1 aromatic heterocycles. The van der Waals surface area contributed by atoms with Gasteiger partial charge in [0.05, 0.1) is 12.8 Å². The second-order valence-corrected chi connectivity index (χ2v) is 4.81. The van der Waals surface area contributed by atoms with E-state index in [1.807, 2.05) is 25.1 Å². The highest BCUT2D eigenvalue weighted by Crippen LogP contribution is 2.25. The first-order valence-electron chi connectivity index (χ1n) is 5.40.